The van der Waals surface area contributed by atoms with Crippen LogP contribution >= 0.6 is 11.6 Å². The van der Waals surface area contributed by atoms with E-state index in [-0.39, 0.29) is 17.3 Å². The van der Waals surface area contributed by atoms with Gasteiger partial charge in [-0.15, -0.1) is 0 Å². The summed E-state index contributed by atoms with van der Waals surface area (Å²) < 4.78 is 33.4. The van der Waals surface area contributed by atoms with Crippen molar-refractivity contribution in [3.05, 3.63) is 82.8 Å². The first-order valence-corrected chi connectivity index (χ1v) is 11.8. The number of aryl methyl sites for hydroxylation is 1. The first-order valence-electron chi connectivity index (χ1n) is 9.93. The summed E-state index contributed by atoms with van der Waals surface area (Å²) in [5.41, 5.74) is 3.01. The molecule has 0 unspecified atom stereocenters. The van der Waals surface area contributed by atoms with Gasteiger partial charge in [-0.3, -0.25) is 14.5 Å². The Hall–Kier alpha value is -3.56. The number of anilines is 1. The summed E-state index contributed by atoms with van der Waals surface area (Å²) in [7, 11) is -2.41. The van der Waals surface area contributed by atoms with Gasteiger partial charge in [-0.1, -0.05) is 23.7 Å². The smallest absolute Gasteiger partial charge is 0.267 e. The maximum atomic E-state index is 12.8. The molecule has 0 atom stereocenters. The summed E-state index contributed by atoms with van der Waals surface area (Å²) in [5, 5.41) is 4.14. The number of rotatable bonds is 7. The zero-order valence-corrected chi connectivity index (χ0v) is 19.4. The predicted octanol–water partition coefficient (Wildman–Crippen LogP) is 4.26. The molecular formula is C23H21ClN4O4S. The van der Waals surface area contributed by atoms with Crippen LogP contribution in [-0.4, -0.2) is 31.4 Å². The highest BCUT2D eigenvalue weighted by Crippen LogP contribution is 2.32. The van der Waals surface area contributed by atoms with E-state index in [1.807, 2.05) is 0 Å². The summed E-state index contributed by atoms with van der Waals surface area (Å²) >= 11 is 6.09. The minimum Gasteiger partial charge on any atom is -0.495 e. The van der Waals surface area contributed by atoms with Crippen LogP contribution in [-0.2, 0) is 16.6 Å². The van der Waals surface area contributed by atoms with E-state index in [0.29, 0.717) is 27.7 Å². The maximum Gasteiger partial charge on any atom is 0.267 e. The molecule has 0 aliphatic carbocycles. The number of halogens is 1. The van der Waals surface area contributed by atoms with Crippen molar-refractivity contribution >= 4 is 44.1 Å². The van der Waals surface area contributed by atoms with Gasteiger partial charge in [-0.2, -0.15) is 0 Å². The first kappa shape index (κ1) is 22.6. The van der Waals surface area contributed by atoms with Crippen LogP contribution in [0.5, 0.6) is 5.75 Å². The summed E-state index contributed by atoms with van der Waals surface area (Å²) in [4.78, 5) is 19.6. The standard InChI is InChI=1S/C23H21ClN4O4S/c1-14-9-20(22(32-2)11-18(14)24)28-33(30,31)17-5-3-15(4-6-17)12-26-23(29)21-10-16-13-25-8-7-19(16)27-21/h3-11,13,27-28H,12H2,1-2H3,(H,26,29). The molecule has 170 valence electrons. The molecule has 0 bridgehead atoms. The van der Waals surface area contributed by atoms with E-state index >= 15 is 0 Å². The van der Waals surface area contributed by atoms with Crippen molar-refractivity contribution in [2.45, 2.75) is 18.4 Å². The lowest BCUT2D eigenvalue weighted by Crippen LogP contribution is -2.23. The maximum absolute atomic E-state index is 12.8. The van der Waals surface area contributed by atoms with Crippen LogP contribution in [0, 0.1) is 6.92 Å². The molecule has 4 aromatic rings. The Kier molecular flexibility index (Phi) is 6.26. The van der Waals surface area contributed by atoms with Crippen LogP contribution in [0.25, 0.3) is 10.9 Å². The number of nitrogens with one attached hydrogen (secondary N) is 3. The lowest BCUT2D eigenvalue weighted by atomic mass is 10.2. The van der Waals surface area contributed by atoms with E-state index in [4.69, 9.17) is 16.3 Å². The van der Waals surface area contributed by atoms with Gasteiger partial charge in [-0.25, -0.2) is 8.42 Å². The van der Waals surface area contributed by atoms with E-state index in [9.17, 15) is 13.2 Å². The molecule has 33 heavy (non-hydrogen) atoms. The highest BCUT2D eigenvalue weighted by Gasteiger charge is 2.18. The third-order valence-electron chi connectivity index (χ3n) is 5.08. The summed E-state index contributed by atoms with van der Waals surface area (Å²) in [6, 6.07) is 12.9. The van der Waals surface area contributed by atoms with Crippen molar-refractivity contribution < 1.29 is 17.9 Å². The largest absolute Gasteiger partial charge is 0.495 e. The molecule has 8 nitrogen and oxygen atoms in total. The number of methoxy groups -OCH3 is 1. The molecule has 0 aliphatic heterocycles. The number of aromatic nitrogens is 2. The number of aromatic amines is 1. The molecular weight excluding hydrogens is 464 g/mol. The molecule has 0 aliphatic rings. The number of pyridine rings is 1. The number of hydrogen-bond acceptors (Lipinski definition) is 5. The average Bonchev–Trinajstić information content (AvgIpc) is 3.24. The van der Waals surface area contributed by atoms with E-state index in [1.54, 1.807) is 55.7 Å². The summed E-state index contributed by atoms with van der Waals surface area (Å²) in [6.07, 6.45) is 3.33. The molecule has 0 radical (unpaired) electrons. The van der Waals surface area contributed by atoms with Gasteiger partial charge >= 0.3 is 0 Å². The fourth-order valence-electron chi connectivity index (χ4n) is 3.27. The minimum atomic E-state index is -3.85. The number of sulfonamides is 1. The van der Waals surface area contributed by atoms with E-state index in [2.05, 4.69) is 20.0 Å². The Morgan fingerprint density at radius 3 is 2.61 bits per heavy atom. The Balaban J connectivity index is 1.44. The van der Waals surface area contributed by atoms with Crippen LogP contribution in [0.4, 0.5) is 5.69 Å². The van der Waals surface area contributed by atoms with Crippen molar-refractivity contribution in [3.63, 3.8) is 0 Å². The quantitative estimate of drug-likeness (QED) is 0.362. The van der Waals surface area contributed by atoms with E-state index in [1.165, 1.54) is 19.2 Å². The van der Waals surface area contributed by atoms with Gasteiger partial charge in [-0.05, 0) is 48.4 Å². The van der Waals surface area contributed by atoms with Crippen molar-refractivity contribution in [2.75, 3.05) is 11.8 Å². The first-order chi connectivity index (χ1) is 15.8. The molecule has 0 fully saturated rings. The number of carbonyl (C=O) groups is 1. The second-order valence-corrected chi connectivity index (χ2v) is 9.47. The van der Waals surface area contributed by atoms with Gasteiger partial charge in [0, 0.05) is 40.9 Å². The summed E-state index contributed by atoms with van der Waals surface area (Å²) in [6.45, 7) is 2.01. The highest BCUT2D eigenvalue weighted by molar-refractivity contribution is 7.92. The SMILES string of the molecule is COc1cc(Cl)c(C)cc1NS(=O)(=O)c1ccc(CNC(=O)c2cc3cnccc3[nH]2)cc1. The topological polar surface area (TPSA) is 113 Å². The van der Waals surface area contributed by atoms with E-state index in [0.717, 1.165) is 16.5 Å². The molecule has 2 heterocycles. The number of amides is 1. The van der Waals surface area contributed by atoms with Crippen LogP contribution in [0.15, 0.2) is 65.8 Å². The summed E-state index contributed by atoms with van der Waals surface area (Å²) in [5.74, 6) is 0.0519. The lowest BCUT2D eigenvalue weighted by molar-refractivity contribution is 0.0946. The minimum absolute atomic E-state index is 0.0790. The van der Waals surface area contributed by atoms with Crippen LogP contribution in [0.1, 0.15) is 21.6 Å². The zero-order chi connectivity index (χ0) is 23.6. The normalized spacial score (nSPS) is 11.4. The molecule has 0 saturated carbocycles. The number of carbonyl (C=O) groups excluding carboxylic acids is 1. The van der Waals surface area contributed by atoms with Crippen molar-refractivity contribution in [1.29, 1.82) is 0 Å². The van der Waals surface area contributed by atoms with Gasteiger partial charge < -0.3 is 15.0 Å². The van der Waals surface area contributed by atoms with Crippen molar-refractivity contribution in [3.8, 4) is 5.75 Å². The Bertz CT molecular complexity index is 1400. The molecule has 2 aromatic carbocycles. The lowest BCUT2D eigenvalue weighted by Gasteiger charge is -2.14. The van der Waals surface area contributed by atoms with Gasteiger partial charge in [0.1, 0.15) is 11.4 Å². The molecule has 0 saturated heterocycles. The van der Waals surface area contributed by atoms with Crippen molar-refractivity contribution in [2.24, 2.45) is 0 Å². The molecule has 10 heteroatoms. The van der Waals surface area contributed by atoms with Gasteiger partial charge in [0.05, 0.1) is 17.7 Å². The number of ether oxygens (including phenoxy) is 1. The van der Waals surface area contributed by atoms with Crippen LogP contribution in [0.3, 0.4) is 0 Å². The van der Waals surface area contributed by atoms with Gasteiger partial charge in [0.2, 0.25) is 0 Å². The van der Waals surface area contributed by atoms with E-state index < -0.39 is 10.0 Å². The highest BCUT2D eigenvalue weighted by atomic mass is 35.5. The fraction of sp³-hybridized carbons (Fsp3) is 0.130. The van der Waals surface area contributed by atoms with Crippen LogP contribution in [0.2, 0.25) is 5.02 Å². The number of nitrogens with zero attached hydrogens (tertiary/aromatic N) is 1. The second kappa shape index (κ2) is 9.13. The number of benzene rings is 2. The number of fused-ring (bicyclic) bond motifs is 1. The third kappa shape index (κ3) is 4.94. The number of H-pyrrole nitrogens is 1. The van der Waals surface area contributed by atoms with Gasteiger partial charge in [0.15, 0.2) is 0 Å². The molecule has 3 N–H and O–H groups in total. The second-order valence-electron chi connectivity index (χ2n) is 7.38. The number of hydrogen-bond donors (Lipinski definition) is 3. The predicted molar refractivity (Wildman–Crippen MR) is 127 cm³/mol. The molecule has 2 aromatic heterocycles. The Labute approximate surface area is 196 Å². The monoisotopic (exact) mass is 484 g/mol. The van der Waals surface area contributed by atoms with Crippen LogP contribution < -0.4 is 14.8 Å². The fourth-order valence-corrected chi connectivity index (χ4v) is 4.49. The average molecular weight is 485 g/mol. The Morgan fingerprint density at radius 1 is 1.15 bits per heavy atom. The molecule has 1 amide bonds. The molecule has 4 rings (SSSR count). The molecule has 0 spiro atoms. The van der Waals surface area contributed by atoms with Crippen molar-refractivity contribution in [1.82, 2.24) is 15.3 Å². The third-order valence-corrected chi connectivity index (χ3v) is 6.87. The zero-order valence-electron chi connectivity index (χ0n) is 17.8. The van der Waals surface area contributed by atoms with Gasteiger partial charge in [0.25, 0.3) is 15.9 Å². The Morgan fingerprint density at radius 2 is 1.91 bits per heavy atom.